The smallest absolute Gasteiger partial charge is 0.334 e. The maximum Gasteiger partial charge on any atom is 0.334 e. The zero-order valence-corrected chi connectivity index (χ0v) is 11.5. The van der Waals surface area contributed by atoms with Crippen LogP contribution < -0.4 is 5.32 Å². The number of nitrogens with zero attached hydrogens (tertiary/aromatic N) is 1. The Bertz CT molecular complexity index is 403. The summed E-state index contributed by atoms with van der Waals surface area (Å²) in [6.45, 7) is 7.76. The van der Waals surface area contributed by atoms with Gasteiger partial charge in [-0.05, 0) is 13.8 Å². The van der Waals surface area contributed by atoms with E-state index in [2.05, 4.69) is 5.32 Å². The SMILES string of the molecule is CC(=O)NC1CC(C)(C)[N+](O)(C=O)C(C)(C)C1=O. The van der Waals surface area contributed by atoms with Crippen LogP contribution in [0.15, 0.2) is 0 Å². The van der Waals surface area contributed by atoms with E-state index < -0.39 is 21.8 Å². The molecule has 1 aliphatic heterocycles. The molecule has 1 saturated heterocycles. The summed E-state index contributed by atoms with van der Waals surface area (Å²) in [4.78, 5) is 34.7. The summed E-state index contributed by atoms with van der Waals surface area (Å²) >= 11 is 0. The molecule has 2 amide bonds. The number of hydrogen-bond donors (Lipinski definition) is 2. The quantitative estimate of drug-likeness (QED) is 0.425. The van der Waals surface area contributed by atoms with Crippen molar-refractivity contribution in [3.05, 3.63) is 0 Å². The molecule has 2 atom stereocenters. The van der Waals surface area contributed by atoms with E-state index in [9.17, 15) is 19.6 Å². The van der Waals surface area contributed by atoms with E-state index in [1.807, 2.05) is 0 Å². The number of hydrogen-bond acceptors (Lipinski definition) is 4. The topological polar surface area (TPSA) is 83.5 Å². The third kappa shape index (κ3) is 1.85. The van der Waals surface area contributed by atoms with Gasteiger partial charge < -0.3 is 5.32 Å². The molecule has 1 aliphatic rings. The molecule has 0 bridgehead atoms. The lowest BCUT2D eigenvalue weighted by Crippen LogP contribution is -2.78. The number of ketones is 1. The predicted molar refractivity (Wildman–Crippen MR) is 63.5 cm³/mol. The van der Waals surface area contributed by atoms with Crippen LogP contribution in [-0.4, -0.2) is 45.1 Å². The average Bonchev–Trinajstić information content (AvgIpc) is 2.22. The van der Waals surface area contributed by atoms with Crippen LogP contribution in [0.2, 0.25) is 0 Å². The van der Waals surface area contributed by atoms with Gasteiger partial charge >= 0.3 is 6.41 Å². The lowest BCUT2D eigenvalue weighted by molar-refractivity contribution is -1.10. The first-order chi connectivity index (χ1) is 7.99. The third-order valence-electron chi connectivity index (χ3n) is 3.93. The van der Waals surface area contributed by atoms with E-state index in [1.165, 1.54) is 20.8 Å². The van der Waals surface area contributed by atoms with E-state index in [0.717, 1.165) is 0 Å². The van der Waals surface area contributed by atoms with E-state index in [-0.39, 0.29) is 18.1 Å². The lowest BCUT2D eigenvalue weighted by atomic mass is 9.75. The number of hydroxylamine groups is 3. The van der Waals surface area contributed by atoms with Gasteiger partial charge in [-0.3, -0.25) is 9.59 Å². The van der Waals surface area contributed by atoms with Crippen LogP contribution in [0.5, 0.6) is 0 Å². The second-order valence-electron chi connectivity index (χ2n) is 5.98. The van der Waals surface area contributed by atoms with Gasteiger partial charge in [0.05, 0.1) is 0 Å². The van der Waals surface area contributed by atoms with Gasteiger partial charge in [0, 0.05) is 27.2 Å². The summed E-state index contributed by atoms with van der Waals surface area (Å²) in [6, 6.07) is -0.675. The molecule has 6 nitrogen and oxygen atoms in total. The largest absolute Gasteiger partial charge is 0.346 e. The van der Waals surface area contributed by atoms with Crippen LogP contribution in [-0.2, 0) is 14.4 Å². The highest BCUT2D eigenvalue weighted by Crippen LogP contribution is 2.40. The highest BCUT2D eigenvalue weighted by Gasteiger charge is 2.65. The maximum absolute atomic E-state index is 12.3. The van der Waals surface area contributed by atoms with Gasteiger partial charge in [0.25, 0.3) is 0 Å². The fourth-order valence-electron chi connectivity index (χ4n) is 2.72. The summed E-state index contributed by atoms with van der Waals surface area (Å²) in [5.41, 5.74) is -2.15. The predicted octanol–water partition coefficient (Wildman–Crippen LogP) is 0.384. The van der Waals surface area contributed by atoms with Crippen LogP contribution in [0.25, 0.3) is 0 Å². The van der Waals surface area contributed by atoms with E-state index in [4.69, 9.17) is 0 Å². The van der Waals surface area contributed by atoms with Gasteiger partial charge in [0.15, 0.2) is 5.54 Å². The normalized spacial score (nSPS) is 33.9. The van der Waals surface area contributed by atoms with Gasteiger partial charge in [-0.2, -0.15) is 0 Å². The van der Waals surface area contributed by atoms with Gasteiger partial charge in [-0.1, -0.05) is 0 Å². The summed E-state index contributed by atoms with van der Waals surface area (Å²) in [7, 11) is 0. The summed E-state index contributed by atoms with van der Waals surface area (Å²) in [6.07, 6.45) is 0.603. The van der Waals surface area contributed by atoms with Crippen molar-refractivity contribution < 1.29 is 24.2 Å². The number of amides is 2. The molecule has 1 fully saturated rings. The molecule has 6 heteroatoms. The van der Waals surface area contributed by atoms with Gasteiger partial charge in [-0.25, -0.2) is 10.0 Å². The molecule has 1 heterocycles. The zero-order chi connectivity index (χ0) is 14.4. The molecular formula is C12H21N2O4+. The van der Waals surface area contributed by atoms with Crippen molar-refractivity contribution in [3.8, 4) is 0 Å². The Morgan fingerprint density at radius 1 is 1.44 bits per heavy atom. The van der Waals surface area contributed by atoms with E-state index >= 15 is 0 Å². The molecule has 0 aromatic carbocycles. The molecule has 0 spiro atoms. The monoisotopic (exact) mass is 257 g/mol. The van der Waals surface area contributed by atoms with Crippen LogP contribution in [0, 0.1) is 0 Å². The molecule has 1 rings (SSSR count). The number of likely N-dealkylation sites (tertiary alicyclic amines) is 1. The number of carbonyl (C=O) groups excluding carboxylic acids is 3. The second kappa shape index (κ2) is 4.13. The first-order valence-electron chi connectivity index (χ1n) is 5.89. The second-order valence-corrected chi connectivity index (χ2v) is 5.98. The summed E-state index contributed by atoms with van der Waals surface area (Å²) < 4.78 is -0.977. The molecule has 0 aromatic rings. The van der Waals surface area contributed by atoms with Gasteiger partial charge in [0.1, 0.15) is 11.6 Å². The van der Waals surface area contributed by atoms with Gasteiger partial charge in [-0.15, -0.1) is 4.65 Å². The lowest BCUT2D eigenvalue weighted by Gasteiger charge is -2.52. The number of carbonyl (C=O) groups is 3. The highest BCUT2D eigenvalue weighted by atomic mass is 16.6. The van der Waals surface area contributed by atoms with E-state index in [0.29, 0.717) is 6.41 Å². The van der Waals surface area contributed by atoms with Crippen molar-refractivity contribution in [2.45, 2.75) is 58.2 Å². The Morgan fingerprint density at radius 2 is 1.94 bits per heavy atom. The van der Waals surface area contributed by atoms with Crippen LogP contribution >= 0.6 is 0 Å². The molecule has 0 radical (unpaired) electrons. The Balaban J connectivity index is 3.25. The Kier molecular flexibility index (Phi) is 3.40. The molecule has 0 aromatic heterocycles. The zero-order valence-electron chi connectivity index (χ0n) is 11.5. The number of nitrogens with one attached hydrogen (secondary N) is 1. The fourth-order valence-corrected chi connectivity index (χ4v) is 2.72. The summed E-state index contributed by atoms with van der Waals surface area (Å²) in [5.74, 6) is -0.643. The Hall–Kier alpha value is -1.27. The van der Waals surface area contributed by atoms with Gasteiger partial charge in [0.2, 0.25) is 11.7 Å². The maximum atomic E-state index is 12.3. The Labute approximate surface area is 107 Å². The molecule has 2 N–H and O–H groups in total. The van der Waals surface area contributed by atoms with Crippen molar-refractivity contribution in [2.75, 3.05) is 0 Å². The number of Topliss-reactive ketones (excluding diaryl/α,β-unsaturated/α-hetero) is 1. The van der Waals surface area contributed by atoms with Crippen molar-refractivity contribution in [1.82, 2.24) is 5.32 Å². The standard InChI is InChI=1S/C12H20N2O4/c1-8(16)13-9-6-11(2,3)14(18,7-15)12(4,5)10(9)17/h7,9,18H,6H2,1-5H3/p+1. The van der Waals surface area contributed by atoms with Crippen molar-refractivity contribution in [3.63, 3.8) is 0 Å². The molecule has 0 aliphatic carbocycles. The Morgan fingerprint density at radius 3 is 2.33 bits per heavy atom. The molecule has 18 heavy (non-hydrogen) atoms. The van der Waals surface area contributed by atoms with Crippen molar-refractivity contribution in [1.29, 1.82) is 0 Å². The van der Waals surface area contributed by atoms with Crippen LogP contribution in [0.4, 0.5) is 0 Å². The van der Waals surface area contributed by atoms with Crippen molar-refractivity contribution >= 4 is 18.1 Å². The summed E-state index contributed by atoms with van der Waals surface area (Å²) in [5, 5.41) is 13.1. The molecule has 102 valence electrons. The molecule has 0 saturated carbocycles. The van der Waals surface area contributed by atoms with Crippen molar-refractivity contribution in [2.24, 2.45) is 0 Å². The van der Waals surface area contributed by atoms with Crippen LogP contribution in [0.3, 0.4) is 0 Å². The molecule has 2 unspecified atom stereocenters. The first-order valence-corrected chi connectivity index (χ1v) is 5.89. The molecular weight excluding hydrogens is 236 g/mol. The number of rotatable bonds is 2. The minimum Gasteiger partial charge on any atom is -0.346 e. The number of quaternary nitrogens is 1. The van der Waals surface area contributed by atoms with Crippen LogP contribution in [0.1, 0.15) is 41.0 Å². The number of piperidine rings is 1. The first kappa shape index (κ1) is 14.8. The van der Waals surface area contributed by atoms with E-state index in [1.54, 1.807) is 13.8 Å². The average molecular weight is 257 g/mol. The fraction of sp³-hybridized carbons (Fsp3) is 0.750. The minimum absolute atomic E-state index is 0.212. The highest BCUT2D eigenvalue weighted by molar-refractivity contribution is 5.95. The minimum atomic E-state index is -1.30. The third-order valence-corrected chi connectivity index (χ3v) is 3.93.